The molecule has 0 atom stereocenters. The number of nitrogens with one attached hydrogen (secondary N) is 2. The second-order valence-electron chi connectivity index (χ2n) is 2.76. The van der Waals surface area contributed by atoms with Crippen molar-refractivity contribution in [3.63, 3.8) is 0 Å². The molecule has 80 valence electrons. The van der Waals surface area contributed by atoms with Crippen molar-refractivity contribution in [2.75, 3.05) is 12.4 Å². The molecule has 0 saturated heterocycles. The van der Waals surface area contributed by atoms with Crippen molar-refractivity contribution >= 4 is 17.6 Å². The molecule has 0 aliphatic heterocycles. The number of hydrogen-bond donors (Lipinski definition) is 2. The number of carbonyl (C=O) groups is 1. The van der Waals surface area contributed by atoms with E-state index in [-0.39, 0.29) is 0 Å². The Morgan fingerprint density at radius 1 is 1.33 bits per heavy atom. The van der Waals surface area contributed by atoms with E-state index in [0.717, 1.165) is 5.69 Å². The van der Waals surface area contributed by atoms with E-state index < -0.39 is 5.97 Å². The fourth-order valence-electron chi connectivity index (χ4n) is 0.905. The molecular weight excluding hydrogens is 194 g/mol. The molecule has 0 spiro atoms. The molecule has 1 rings (SSSR count). The van der Waals surface area contributed by atoms with E-state index >= 15 is 0 Å². The molecule has 15 heavy (non-hydrogen) atoms. The van der Waals surface area contributed by atoms with Crippen molar-refractivity contribution in [3.05, 3.63) is 30.3 Å². The van der Waals surface area contributed by atoms with Crippen LogP contribution in [0.3, 0.4) is 0 Å². The third-order valence-electron chi connectivity index (χ3n) is 1.55. The van der Waals surface area contributed by atoms with Crippen LogP contribution in [-0.2, 0) is 9.63 Å². The first-order valence-corrected chi connectivity index (χ1v) is 4.44. The Hall–Kier alpha value is -2.04. The minimum atomic E-state index is -0.425. The molecule has 5 heteroatoms. The average Bonchev–Trinajstić information content (AvgIpc) is 2.25. The van der Waals surface area contributed by atoms with E-state index in [1.807, 2.05) is 30.3 Å². The summed E-state index contributed by atoms with van der Waals surface area (Å²) >= 11 is 0. The third kappa shape index (κ3) is 4.12. The maximum absolute atomic E-state index is 10.5. The van der Waals surface area contributed by atoms with Crippen molar-refractivity contribution in [2.45, 2.75) is 6.92 Å². The summed E-state index contributed by atoms with van der Waals surface area (Å²) < 4.78 is 0. The van der Waals surface area contributed by atoms with Crippen LogP contribution in [0, 0.1) is 0 Å². The predicted molar refractivity (Wildman–Crippen MR) is 58.3 cm³/mol. The van der Waals surface area contributed by atoms with Crippen molar-refractivity contribution in [3.8, 4) is 0 Å². The first kappa shape index (κ1) is 11.0. The molecule has 0 unspecified atom stereocenters. The summed E-state index contributed by atoms with van der Waals surface area (Å²) in [7, 11) is 1.59. The van der Waals surface area contributed by atoms with Gasteiger partial charge >= 0.3 is 5.97 Å². The lowest BCUT2D eigenvalue weighted by Gasteiger charge is -2.09. The molecule has 0 aliphatic carbocycles. The molecule has 0 radical (unpaired) electrons. The lowest BCUT2D eigenvalue weighted by molar-refractivity contribution is -0.145. The zero-order valence-electron chi connectivity index (χ0n) is 8.65. The predicted octanol–water partition coefficient (Wildman–Crippen LogP) is 1.15. The van der Waals surface area contributed by atoms with Gasteiger partial charge in [-0.1, -0.05) is 18.2 Å². The molecule has 0 bridgehead atoms. The Morgan fingerprint density at radius 3 is 2.53 bits per heavy atom. The monoisotopic (exact) mass is 207 g/mol. The fourth-order valence-corrected chi connectivity index (χ4v) is 0.905. The first-order chi connectivity index (χ1) is 7.22. The summed E-state index contributed by atoms with van der Waals surface area (Å²) in [6.07, 6.45) is 0. The molecule has 0 saturated carbocycles. The van der Waals surface area contributed by atoms with Crippen molar-refractivity contribution in [1.29, 1.82) is 0 Å². The zero-order valence-corrected chi connectivity index (χ0v) is 8.65. The molecule has 0 amide bonds. The van der Waals surface area contributed by atoms with Gasteiger partial charge in [0, 0.05) is 19.7 Å². The van der Waals surface area contributed by atoms with E-state index in [4.69, 9.17) is 0 Å². The normalized spacial score (nSPS) is 10.7. The molecule has 5 nitrogen and oxygen atoms in total. The minimum Gasteiger partial charge on any atom is -0.341 e. The van der Waals surface area contributed by atoms with Crippen LogP contribution in [-0.4, -0.2) is 19.0 Å². The highest BCUT2D eigenvalue weighted by Gasteiger charge is 1.99. The van der Waals surface area contributed by atoms with Crippen molar-refractivity contribution in [2.24, 2.45) is 4.99 Å². The number of benzene rings is 1. The highest BCUT2D eigenvalue weighted by Crippen LogP contribution is 2.03. The van der Waals surface area contributed by atoms with Gasteiger partial charge in [-0.15, -0.1) is 0 Å². The number of carbonyl (C=O) groups excluding carboxylic acids is 1. The van der Waals surface area contributed by atoms with Crippen LogP contribution < -0.4 is 10.8 Å². The molecule has 1 aromatic rings. The number of aliphatic imine (C=N–C) groups is 1. The molecule has 0 aliphatic rings. The molecule has 1 aromatic carbocycles. The molecule has 0 fully saturated rings. The average molecular weight is 207 g/mol. The number of rotatable bonds is 1. The van der Waals surface area contributed by atoms with Gasteiger partial charge in [-0.3, -0.25) is 9.79 Å². The first-order valence-electron chi connectivity index (χ1n) is 4.44. The number of hydrogen-bond acceptors (Lipinski definition) is 3. The Balaban J connectivity index is 2.52. The van der Waals surface area contributed by atoms with Crippen LogP contribution in [0.5, 0.6) is 0 Å². The SMILES string of the molecule is CN=C(NOC(C)=O)Nc1ccccc1. The molecule has 2 N–H and O–H groups in total. The second-order valence-corrected chi connectivity index (χ2v) is 2.76. The van der Waals surface area contributed by atoms with E-state index in [1.54, 1.807) is 7.05 Å². The Kier molecular flexibility index (Phi) is 4.15. The van der Waals surface area contributed by atoms with E-state index in [0.29, 0.717) is 5.96 Å². The lowest BCUT2D eigenvalue weighted by atomic mass is 10.3. The maximum atomic E-state index is 10.5. The standard InChI is InChI=1S/C10H13N3O2/c1-8(14)15-13-10(11-2)12-9-6-4-3-5-7-9/h3-7H,1-2H3,(H2,11,12,13). The van der Waals surface area contributed by atoms with Crippen LogP contribution in [0.1, 0.15) is 6.92 Å². The van der Waals surface area contributed by atoms with Gasteiger partial charge in [0.05, 0.1) is 0 Å². The quantitative estimate of drug-likeness (QED) is 0.412. The summed E-state index contributed by atoms with van der Waals surface area (Å²) in [5, 5.41) is 2.95. The van der Waals surface area contributed by atoms with Gasteiger partial charge in [0.15, 0.2) is 0 Å². The van der Waals surface area contributed by atoms with Crippen molar-refractivity contribution in [1.82, 2.24) is 5.48 Å². The van der Waals surface area contributed by atoms with Gasteiger partial charge in [-0.25, -0.2) is 0 Å². The summed E-state index contributed by atoms with van der Waals surface area (Å²) in [4.78, 5) is 19.0. The Labute approximate surface area is 88.1 Å². The smallest absolute Gasteiger partial charge is 0.329 e. The summed E-state index contributed by atoms with van der Waals surface area (Å²) in [6, 6.07) is 9.44. The molecule has 0 heterocycles. The van der Waals surface area contributed by atoms with Crippen LogP contribution >= 0.6 is 0 Å². The van der Waals surface area contributed by atoms with Gasteiger partial charge in [0.2, 0.25) is 5.96 Å². The van der Waals surface area contributed by atoms with E-state index in [2.05, 4.69) is 20.6 Å². The number of hydroxylamine groups is 1. The minimum absolute atomic E-state index is 0.372. The summed E-state index contributed by atoms with van der Waals surface area (Å²) in [6.45, 7) is 1.31. The topological polar surface area (TPSA) is 62.7 Å². The highest BCUT2D eigenvalue weighted by atomic mass is 16.7. The van der Waals surface area contributed by atoms with E-state index in [1.165, 1.54) is 6.92 Å². The fraction of sp³-hybridized carbons (Fsp3) is 0.200. The van der Waals surface area contributed by atoms with Crippen LogP contribution in [0.4, 0.5) is 5.69 Å². The van der Waals surface area contributed by atoms with Gasteiger partial charge in [-0.2, -0.15) is 5.48 Å². The van der Waals surface area contributed by atoms with Gasteiger partial charge in [0.25, 0.3) is 0 Å². The Bertz CT molecular complexity index is 349. The lowest BCUT2D eigenvalue weighted by Crippen LogP contribution is -2.32. The van der Waals surface area contributed by atoms with Crippen LogP contribution in [0.25, 0.3) is 0 Å². The van der Waals surface area contributed by atoms with Gasteiger partial charge < -0.3 is 10.2 Å². The Morgan fingerprint density at radius 2 is 2.00 bits per heavy atom. The maximum Gasteiger partial charge on any atom is 0.329 e. The van der Waals surface area contributed by atoms with Crippen molar-refractivity contribution < 1.29 is 9.63 Å². The van der Waals surface area contributed by atoms with Gasteiger partial charge in [0.1, 0.15) is 0 Å². The van der Waals surface area contributed by atoms with E-state index in [9.17, 15) is 4.79 Å². The number of anilines is 1. The highest BCUT2D eigenvalue weighted by molar-refractivity contribution is 5.93. The second kappa shape index (κ2) is 5.64. The van der Waals surface area contributed by atoms with Crippen LogP contribution in [0.2, 0.25) is 0 Å². The molecular formula is C10H13N3O2. The molecule has 0 aromatic heterocycles. The summed E-state index contributed by atoms with van der Waals surface area (Å²) in [5.41, 5.74) is 3.27. The van der Waals surface area contributed by atoms with Crippen LogP contribution in [0.15, 0.2) is 35.3 Å². The van der Waals surface area contributed by atoms with Gasteiger partial charge in [-0.05, 0) is 12.1 Å². The number of para-hydroxylation sites is 1. The zero-order chi connectivity index (χ0) is 11.1. The summed E-state index contributed by atoms with van der Waals surface area (Å²) in [5.74, 6) is -0.0533. The number of nitrogens with zero attached hydrogens (tertiary/aromatic N) is 1. The largest absolute Gasteiger partial charge is 0.341 e. The third-order valence-corrected chi connectivity index (χ3v) is 1.55. The number of guanidine groups is 1.